The molecule has 0 amide bonds. The van der Waals surface area contributed by atoms with Crippen molar-refractivity contribution < 1.29 is 8.42 Å². The fraction of sp³-hybridized carbons (Fsp3) is 0.200. The van der Waals surface area contributed by atoms with Gasteiger partial charge in [-0.15, -0.1) is 0 Å². The van der Waals surface area contributed by atoms with Gasteiger partial charge in [0.25, 0.3) is 0 Å². The first-order chi connectivity index (χ1) is 15.3. The second kappa shape index (κ2) is 8.68. The molecule has 4 rings (SSSR count). The maximum atomic E-state index is 12.0. The van der Waals surface area contributed by atoms with Crippen molar-refractivity contribution in [1.82, 2.24) is 19.7 Å². The minimum absolute atomic E-state index is 0.238. The number of aromatic nitrogens is 3. The molecule has 0 saturated carbocycles. The molecule has 2 N–H and O–H groups in total. The van der Waals surface area contributed by atoms with E-state index >= 15 is 0 Å². The lowest BCUT2D eigenvalue weighted by atomic mass is 10.0. The van der Waals surface area contributed by atoms with Gasteiger partial charge in [-0.1, -0.05) is 50.2 Å². The molecule has 2 heterocycles. The smallest absolute Gasteiger partial charge is 0.240 e. The van der Waals surface area contributed by atoms with Crippen LogP contribution in [0.3, 0.4) is 0 Å². The number of nitrogens with one attached hydrogen (secondary N) is 2. The molecule has 32 heavy (non-hydrogen) atoms. The van der Waals surface area contributed by atoms with E-state index in [1.54, 1.807) is 12.1 Å². The van der Waals surface area contributed by atoms with E-state index in [9.17, 15) is 8.42 Å². The van der Waals surface area contributed by atoms with E-state index in [0.717, 1.165) is 45.3 Å². The minimum atomic E-state index is -3.46. The van der Waals surface area contributed by atoms with Gasteiger partial charge in [0.1, 0.15) is 5.82 Å². The summed E-state index contributed by atoms with van der Waals surface area (Å²) >= 11 is 0. The predicted molar refractivity (Wildman–Crippen MR) is 128 cm³/mol. The normalized spacial score (nSPS) is 11.8. The number of rotatable bonds is 6. The number of pyridine rings is 1. The molecule has 6 nitrogen and oxygen atoms in total. The summed E-state index contributed by atoms with van der Waals surface area (Å²) in [4.78, 5) is 13.3. The van der Waals surface area contributed by atoms with Gasteiger partial charge in [0.15, 0.2) is 0 Å². The summed E-state index contributed by atoms with van der Waals surface area (Å²) in [5.74, 6) is 1.16. The average molecular weight is 447 g/mol. The molecular weight excluding hydrogens is 420 g/mol. The number of hydrogen-bond acceptors (Lipinski definition) is 4. The summed E-state index contributed by atoms with van der Waals surface area (Å²) in [6.07, 6.45) is 0. The maximum Gasteiger partial charge on any atom is 0.240 e. The molecule has 0 saturated heterocycles. The standard InChI is InChI=1S/C25H26N4O2S/c1-16(2)25-28-23(24(29-25)22-10-5-7-17(3)27-22)20-9-6-8-19(15-20)18-11-13-21(14-12-18)32(30,31)26-4/h5-16,26H,1-4H3,(H,28,29). The van der Waals surface area contributed by atoms with Crippen LogP contribution in [0.1, 0.15) is 31.3 Å². The third-order valence-electron chi connectivity index (χ3n) is 5.32. The lowest BCUT2D eigenvalue weighted by Crippen LogP contribution is -2.18. The number of nitrogens with zero attached hydrogens (tertiary/aromatic N) is 2. The lowest BCUT2D eigenvalue weighted by Gasteiger charge is -2.08. The van der Waals surface area contributed by atoms with Crippen LogP contribution in [0, 0.1) is 6.92 Å². The van der Waals surface area contributed by atoms with Crippen LogP contribution >= 0.6 is 0 Å². The highest BCUT2D eigenvalue weighted by Gasteiger charge is 2.18. The van der Waals surface area contributed by atoms with Crippen LogP contribution in [0.4, 0.5) is 0 Å². The van der Waals surface area contributed by atoms with Gasteiger partial charge in [-0.3, -0.25) is 4.98 Å². The molecule has 0 bridgehead atoms. The molecule has 0 unspecified atom stereocenters. The van der Waals surface area contributed by atoms with Crippen LogP contribution in [0.2, 0.25) is 0 Å². The summed E-state index contributed by atoms with van der Waals surface area (Å²) in [7, 11) is -2.06. The van der Waals surface area contributed by atoms with Gasteiger partial charge in [-0.25, -0.2) is 18.1 Å². The molecule has 2 aromatic carbocycles. The highest BCUT2D eigenvalue weighted by molar-refractivity contribution is 7.89. The van der Waals surface area contributed by atoms with Crippen LogP contribution in [0.5, 0.6) is 0 Å². The second-order valence-corrected chi connectivity index (χ2v) is 9.86. The predicted octanol–water partition coefficient (Wildman–Crippen LogP) is 5.15. The molecule has 0 aliphatic heterocycles. The van der Waals surface area contributed by atoms with Gasteiger partial charge in [-0.2, -0.15) is 0 Å². The van der Waals surface area contributed by atoms with Gasteiger partial charge in [-0.05, 0) is 55.4 Å². The van der Waals surface area contributed by atoms with Crippen LogP contribution in [0.15, 0.2) is 71.6 Å². The van der Waals surface area contributed by atoms with Crippen molar-refractivity contribution in [2.24, 2.45) is 0 Å². The summed E-state index contributed by atoms with van der Waals surface area (Å²) in [5, 5.41) is 0. The van der Waals surface area contributed by atoms with Crippen LogP contribution in [0.25, 0.3) is 33.8 Å². The van der Waals surface area contributed by atoms with Crippen molar-refractivity contribution in [2.75, 3.05) is 7.05 Å². The summed E-state index contributed by atoms with van der Waals surface area (Å²) < 4.78 is 26.4. The Hall–Kier alpha value is -3.29. The summed E-state index contributed by atoms with van der Waals surface area (Å²) in [6, 6.07) is 20.9. The van der Waals surface area contributed by atoms with Gasteiger partial charge < -0.3 is 4.98 Å². The minimum Gasteiger partial charge on any atom is -0.340 e. The number of aromatic amines is 1. The first kappa shape index (κ1) is 21.9. The Kier molecular flexibility index (Phi) is 5.95. The fourth-order valence-corrected chi connectivity index (χ4v) is 4.26. The zero-order valence-corrected chi connectivity index (χ0v) is 19.4. The third kappa shape index (κ3) is 4.35. The number of H-pyrrole nitrogens is 1. The van der Waals surface area contributed by atoms with Gasteiger partial charge in [0.2, 0.25) is 10.0 Å². The zero-order valence-electron chi connectivity index (χ0n) is 18.5. The Morgan fingerprint density at radius 3 is 2.22 bits per heavy atom. The number of hydrogen-bond donors (Lipinski definition) is 2. The van der Waals surface area contributed by atoms with Crippen molar-refractivity contribution in [3.05, 3.63) is 78.2 Å². The van der Waals surface area contributed by atoms with E-state index < -0.39 is 10.0 Å². The topological polar surface area (TPSA) is 87.7 Å². The SMILES string of the molecule is CNS(=O)(=O)c1ccc(-c2cccc(-c3nc(C(C)C)[nH]c3-c3cccc(C)n3)c2)cc1. The molecule has 164 valence electrons. The highest BCUT2D eigenvalue weighted by atomic mass is 32.2. The average Bonchev–Trinajstić information content (AvgIpc) is 3.25. The second-order valence-electron chi connectivity index (χ2n) is 7.98. The Balaban J connectivity index is 1.78. The van der Waals surface area contributed by atoms with Crippen molar-refractivity contribution in [2.45, 2.75) is 31.6 Å². The largest absolute Gasteiger partial charge is 0.340 e. The molecule has 0 atom stereocenters. The van der Waals surface area contributed by atoms with Crippen LogP contribution in [-0.4, -0.2) is 30.4 Å². The lowest BCUT2D eigenvalue weighted by molar-refractivity contribution is 0.588. The number of imidazole rings is 1. The van der Waals surface area contributed by atoms with Crippen LogP contribution < -0.4 is 4.72 Å². The molecule has 7 heteroatoms. The maximum absolute atomic E-state index is 12.0. The van der Waals surface area contributed by atoms with E-state index in [1.807, 2.05) is 55.5 Å². The molecule has 0 spiro atoms. The highest BCUT2D eigenvalue weighted by Crippen LogP contribution is 2.33. The van der Waals surface area contributed by atoms with E-state index in [4.69, 9.17) is 4.98 Å². The molecule has 4 aromatic rings. The molecule has 0 radical (unpaired) electrons. The number of aryl methyl sites for hydroxylation is 1. The van der Waals surface area contributed by atoms with E-state index in [1.165, 1.54) is 7.05 Å². The van der Waals surface area contributed by atoms with Gasteiger partial charge in [0.05, 0.1) is 22.0 Å². The summed E-state index contributed by atoms with van der Waals surface area (Å²) in [6.45, 7) is 6.18. The van der Waals surface area contributed by atoms with E-state index in [0.29, 0.717) is 0 Å². The first-order valence-corrected chi connectivity index (χ1v) is 11.9. The Morgan fingerprint density at radius 1 is 0.875 bits per heavy atom. The third-order valence-corrected chi connectivity index (χ3v) is 6.75. The van der Waals surface area contributed by atoms with Crippen molar-refractivity contribution in [3.63, 3.8) is 0 Å². The first-order valence-electron chi connectivity index (χ1n) is 10.5. The Morgan fingerprint density at radius 2 is 1.56 bits per heavy atom. The van der Waals surface area contributed by atoms with Crippen molar-refractivity contribution >= 4 is 10.0 Å². The van der Waals surface area contributed by atoms with Crippen molar-refractivity contribution in [1.29, 1.82) is 0 Å². The Labute approximate surface area is 188 Å². The number of benzene rings is 2. The van der Waals surface area contributed by atoms with Gasteiger partial charge >= 0.3 is 0 Å². The quantitative estimate of drug-likeness (QED) is 0.429. The van der Waals surface area contributed by atoms with E-state index in [-0.39, 0.29) is 10.8 Å². The Bertz CT molecular complexity index is 1360. The summed E-state index contributed by atoms with van der Waals surface area (Å²) in [5.41, 5.74) is 6.42. The van der Waals surface area contributed by atoms with E-state index in [2.05, 4.69) is 34.6 Å². The molecule has 0 aliphatic carbocycles. The molecule has 0 fully saturated rings. The number of sulfonamides is 1. The van der Waals surface area contributed by atoms with Gasteiger partial charge in [0, 0.05) is 17.2 Å². The monoisotopic (exact) mass is 446 g/mol. The van der Waals surface area contributed by atoms with Crippen LogP contribution in [-0.2, 0) is 10.0 Å². The molecule has 0 aliphatic rings. The molecule has 2 aromatic heterocycles. The zero-order chi connectivity index (χ0) is 22.9. The fourth-order valence-electron chi connectivity index (χ4n) is 3.53. The molecular formula is C25H26N4O2S. The van der Waals surface area contributed by atoms with Crippen molar-refractivity contribution in [3.8, 4) is 33.8 Å².